The third kappa shape index (κ3) is 4.21. The molecule has 0 unspecified atom stereocenters. The molecular formula is C23H22N2O4. The number of Topliss-reactive ketones (excluding diaryl/α,β-unsaturated/α-hetero) is 1. The van der Waals surface area contributed by atoms with Crippen LogP contribution >= 0.6 is 0 Å². The van der Waals surface area contributed by atoms with Crippen LogP contribution < -0.4 is 0 Å². The van der Waals surface area contributed by atoms with Crippen LogP contribution in [0, 0.1) is 5.92 Å². The van der Waals surface area contributed by atoms with E-state index >= 15 is 0 Å². The van der Waals surface area contributed by atoms with Crippen molar-refractivity contribution in [2.45, 2.75) is 12.8 Å². The molecule has 148 valence electrons. The summed E-state index contributed by atoms with van der Waals surface area (Å²) in [4.78, 5) is 41.8. The van der Waals surface area contributed by atoms with Crippen molar-refractivity contribution in [1.29, 1.82) is 0 Å². The molecule has 1 aliphatic heterocycles. The van der Waals surface area contributed by atoms with E-state index in [1.165, 1.54) is 0 Å². The highest BCUT2D eigenvalue weighted by Gasteiger charge is 2.35. The third-order valence-electron chi connectivity index (χ3n) is 5.30. The Morgan fingerprint density at radius 2 is 1.83 bits per heavy atom. The first-order valence-electron chi connectivity index (χ1n) is 9.69. The molecule has 6 heteroatoms. The maximum atomic E-state index is 12.5. The summed E-state index contributed by atoms with van der Waals surface area (Å²) in [5, 5.41) is 0.802. The van der Waals surface area contributed by atoms with E-state index in [0.717, 1.165) is 22.9 Å². The van der Waals surface area contributed by atoms with Crippen molar-refractivity contribution in [3.8, 4) is 0 Å². The molecule has 1 amide bonds. The zero-order valence-corrected chi connectivity index (χ0v) is 16.0. The van der Waals surface area contributed by atoms with Crippen LogP contribution in [0.3, 0.4) is 0 Å². The SMILES string of the molecule is O=C(COC(=O)[C@H]1CC(=O)N(CCc2ccccc2)C1)c1c[nH]c2ccccc12. The van der Waals surface area contributed by atoms with Gasteiger partial charge in [-0.05, 0) is 18.1 Å². The molecule has 6 nitrogen and oxygen atoms in total. The number of fused-ring (bicyclic) bond motifs is 1. The van der Waals surface area contributed by atoms with E-state index in [2.05, 4.69) is 4.98 Å². The highest BCUT2D eigenvalue weighted by Crippen LogP contribution is 2.21. The van der Waals surface area contributed by atoms with Crippen LogP contribution in [-0.4, -0.2) is 47.2 Å². The number of carbonyl (C=O) groups is 3. The fraction of sp³-hybridized carbons (Fsp3) is 0.261. The van der Waals surface area contributed by atoms with Crippen molar-refractivity contribution in [2.75, 3.05) is 19.7 Å². The van der Waals surface area contributed by atoms with Gasteiger partial charge in [0.2, 0.25) is 11.7 Å². The van der Waals surface area contributed by atoms with Gasteiger partial charge in [0, 0.05) is 42.2 Å². The van der Waals surface area contributed by atoms with Crippen molar-refractivity contribution >= 4 is 28.6 Å². The Labute approximate surface area is 168 Å². The Balaban J connectivity index is 1.29. The van der Waals surface area contributed by atoms with Crippen LogP contribution in [0.15, 0.2) is 60.8 Å². The first kappa shape index (κ1) is 18.9. The van der Waals surface area contributed by atoms with E-state index in [1.807, 2.05) is 54.6 Å². The smallest absolute Gasteiger partial charge is 0.311 e. The first-order valence-corrected chi connectivity index (χ1v) is 9.69. The maximum Gasteiger partial charge on any atom is 0.311 e. The topological polar surface area (TPSA) is 79.5 Å². The van der Waals surface area contributed by atoms with Gasteiger partial charge in [-0.15, -0.1) is 0 Å². The quantitative estimate of drug-likeness (QED) is 0.497. The third-order valence-corrected chi connectivity index (χ3v) is 5.30. The van der Waals surface area contributed by atoms with E-state index < -0.39 is 11.9 Å². The largest absolute Gasteiger partial charge is 0.457 e. The predicted molar refractivity (Wildman–Crippen MR) is 108 cm³/mol. The van der Waals surface area contributed by atoms with E-state index in [4.69, 9.17) is 4.74 Å². The van der Waals surface area contributed by atoms with Gasteiger partial charge in [-0.25, -0.2) is 0 Å². The van der Waals surface area contributed by atoms with Crippen molar-refractivity contribution in [3.05, 3.63) is 71.9 Å². The number of nitrogens with one attached hydrogen (secondary N) is 1. The van der Waals surface area contributed by atoms with E-state index in [-0.39, 0.29) is 24.7 Å². The molecule has 1 fully saturated rings. The van der Waals surface area contributed by atoms with Crippen molar-refractivity contribution < 1.29 is 19.1 Å². The number of hydrogen-bond donors (Lipinski definition) is 1. The average molecular weight is 390 g/mol. The molecule has 1 aliphatic rings. The molecule has 0 bridgehead atoms. The van der Waals surface area contributed by atoms with Crippen LogP contribution in [0.2, 0.25) is 0 Å². The van der Waals surface area contributed by atoms with Crippen LogP contribution in [-0.2, 0) is 20.7 Å². The lowest BCUT2D eigenvalue weighted by Crippen LogP contribution is -2.29. The summed E-state index contributed by atoms with van der Waals surface area (Å²) in [7, 11) is 0. The summed E-state index contributed by atoms with van der Waals surface area (Å²) in [6, 6.07) is 17.4. The second kappa shape index (κ2) is 8.31. The average Bonchev–Trinajstić information content (AvgIpc) is 3.34. The number of carbonyl (C=O) groups excluding carboxylic acids is 3. The Morgan fingerprint density at radius 3 is 2.66 bits per heavy atom. The van der Waals surface area contributed by atoms with E-state index in [0.29, 0.717) is 18.7 Å². The number of ether oxygens (including phenoxy) is 1. The number of amides is 1. The minimum atomic E-state index is -0.519. The van der Waals surface area contributed by atoms with Crippen molar-refractivity contribution in [1.82, 2.24) is 9.88 Å². The minimum Gasteiger partial charge on any atom is -0.457 e. The number of esters is 1. The zero-order valence-electron chi connectivity index (χ0n) is 16.0. The number of ketones is 1. The van der Waals surface area contributed by atoms with E-state index in [9.17, 15) is 14.4 Å². The van der Waals surface area contributed by atoms with Gasteiger partial charge in [0.25, 0.3) is 0 Å². The van der Waals surface area contributed by atoms with Gasteiger partial charge < -0.3 is 14.6 Å². The number of para-hydroxylation sites is 1. The molecule has 0 spiro atoms. The summed E-state index contributed by atoms with van der Waals surface area (Å²) in [5.74, 6) is -1.32. The summed E-state index contributed by atoms with van der Waals surface area (Å²) in [6.07, 6.45) is 2.51. The second-order valence-electron chi connectivity index (χ2n) is 7.26. The standard InChI is InChI=1S/C23H22N2O4/c26-21(19-13-24-20-9-5-4-8-18(19)20)15-29-23(28)17-12-22(27)25(14-17)11-10-16-6-2-1-3-7-16/h1-9,13,17,24H,10-12,14-15H2/t17-/m0/s1. The molecule has 0 saturated carbocycles. The summed E-state index contributed by atoms with van der Waals surface area (Å²) in [5.41, 5.74) is 2.51. The number of nitrogens with zero attached hydrogens (tertiary/aromatic N) is 1. The molecule has 1 N–H and O–H groups in total. The molecule has 0 aliphatic carbocycles. The number of hydrogen-bond acceptors (Lipinski definition) is 4. The number of likely N-dealkylation sites (tertiary alicyclic amines) is 1. The van der Waals surface area contributed by atoms with Gasteiger partial charge in [-0.1, -0.05) is 48.5 Å². The number of aromatic nitrogens is 1. The Bertz CT molecular complexity index is 1040. The molecule has 29 heavy (non-hydrogen) atoms. The highest BCUT2D eigenvalue weighted by atomic mass is 16.5. The van der Waals surface area contributed by atoms with Crippen molar-refractivity contribution in [3.63, 3.8) is 0 Å². The van der Waals surface area contributed by atoms with Gasteiger partial charge in [-0.2, -0.15) is 0 Å². The summed E-state index contributed by atoms with van der Waals surface area (Å²) >= 11 is 0. The second-order valence-corrected chi connectivity index (χ2v) is 7.26. The molecule has 2 heterocycles. The molecule has 2 aromatic carbocycles. The van der Waals surface area contributed by atoms with E-state index in [1.54, 1.807) is 11.1 Å². The molecule has 3 aromatic rings. The van der Waals surface area contributed by atoms with Gasteiger partial charge in [0.1, 0.15) is 0 Å². The highest BCUT2D eigenvalue weighted by molar-refractivity contribution is 6.08. The molecule has 1 aromatic heterocycles. The van der Waals surface area contributed by atoms with Crippen LogP contribution in [0.5, 0.6) is 0 Å². The fourth-order valence-electron chi connectivity index (χ4n) is 3.69. The summed E-state index contributed by atoms with van der Waals surface area (Å²) < 4.78 is 5.24. The Hall–Kier alpha value is -3.41. The van der Waals surface area contributed by atoms with Crippen molar-refractivity contribution in [2.24, 2.45) is 5.92 Å². The minimum absolute atomic E-state index is 0.0502. The normalized spacial score (nSPS) is 16.3. The number of aromatic amines is 1. The molecule has 1 atom stereocenters. The van der Waals surface area contributed by atoms with Crippen LogP contribution in [0.25, 0.3) is 10.9 Å². The summed E-state index contributed by atoms with van der Waals surface area (Å²) in [6.45, 7) is 0.585. The monoisotopic (exact) mass is 390 g/mol. The first-order chi connectivity index (χ1) is 14.1. The number of rotatable bonds is 7. The zero-order chi connectivity index (χ0) is 20.2. The lowest BCUT2D eigenvalue weighted by Gasteiger charge is -2.16. The molecule has 0 radical (unpaired) electrons. The molecule has 4 rings (SSSR count). The van der Waals surface area contributed by atoms with Gasteiger partial charge in [0.15, 0.2) is 6.61 Å². The molecular weight excluding hydrogens is 368 g/mol. The lowest BCUT2D eigenvalue weighted by atomic mass is 10.1. The Kier molecular flexibility index (Phi) is 5.42. The number of H-pyrrole nitrogens is 1. The van der Waals surface area contributed by atoms with Gasteiger partial charge in [0.05, 0.1) is 5.92 Å². The molecule has 1 saturated heterocycles. The predicted octanol–water partition coefficient (Wildman–Crippen LogP) is 2.99. The fourth-order valence-corrected chi connectivity index (χ4v) is 3.69. The van der Waals surface area contributed by atoms with Crippen LogP contribution in [0.1, 0.15) is 22.3 Å². The maximum absolute atomic E-state index is 12.5. The van der Waals surface area contributed by atoms with Crippen LogP contribution in [0.4, 0.5) is 0 Å². The van der Waals surface area contributed by atoms with Gasteiger partial charge in [-0.3, -0.25) is 14.4 Å². The number of benzene rings is 2. The van der Waals surface area contributed by atoms with Gasteiger partial charge >= 0.3 is 5.97 Å². The Morgan fingerprint density at radius 1 is 1.07 bits per heavy atom. The lowest BCUT2D eigenvalue weighted by molar-refractivity contribution is -0.147.